The topological polar surface area (TPSA) is 65.2 Å². The van der Waals surface area contributed by atoms with Crippen molar-refractivity contribution in [2.24, 2.45) is 0 Å². The molecule has 1 saturated heterocycles. The first kappa shape index (κ1) is 18.4. The van der Waals surface area contributed by atoms with Gasteiger partial charge in [-0.05, 0) is 55.7 Å². The molecule has 3 heterocycles. The fraction of sp³-hybridized carbons (Fsp3) is 0.200. The maximum absolute atomic E-state index is 13.1. The minimum absolute atomic E-state index is 0.0169. The summed E-state index contributed by atoms with van der Waals surface area (Å²) in [7, 11) is 0. The highest BCUT2D eigenvalue weighted by atomic mass is 16.2. The standard InChI is InChI=1S/C25H23N3O2/c1-25-13-6-14-28(25)24(30)20-8-3-5-10-22(20)27-23(25)15-18(29)12-11-17-16-26-21-9-4-2-7-19(17)21/h2-5,7-12,15-16,26-27H,6,13-14H2,1H3/b12-11+,23-15-. The number of nitrogens with one attached hydrogen (secondary N) is 2. The summed E-state index contributed by atoms with van der Waals surface area (Å²) in [5, 5.41) is 4.47. The van der Waals surface area contributed by atoms with Gasteiger partial charge in [-0.3, -0.25) is 9.59 Å². The van der Waals surface area contributed by atoms with E-state index in [-0.39, 0.29) is 11.7 Å². The molecule has 5 heteroatoms. The lowest BCUT2D eigenvalue weighted by molar-refractivity contribution is -0.110. The van der Waals surface area contributed by atoms with Crippen LogP contribution in [0, 0.1) is 0 Å². The summed E-state index contributed by atoms with van der Waals surface area (Å²) in [6.45, 7) is 2.74. The normalized spacial score (nSPS) is 22.2. The number of hydrogen-bond donors (Lipinski definition) is 2. The second kappa shape index (κ2) is 7.02. The number of anilines is 1. The van der Waals surface area contributed by atoms with Gasteiger partial charge in [0.05, 0.1) is 16.8 Å². The number of rotatable bonds is 3. The summed E-state index contributed by atoms with van der Waals surface area (Å²) in [5.74, 6) is -0.0917. The van der Waals surface area contributed by atoms with Crippen molar-refractivity contribution < 1.29 is 9.59 Å². The van der Waals surface area contributed by atoms with Gasteiger partial charge in [0, 0.05) is 35.4 Å². The molecule has 1 unspecified atom stereocenters. The van der Waals surface area contributed by atoms with E-state index in [0.717, 1.165) is 40.7 Å². The molecule has 1 aromatic heterocycles. The van der Waals surface area contributed by atoms with Gasteiger partial charge >= 0.3 is 0 Å². The van der Waals surface area contributed by atoms with E-state index in [9.17, 15) is 9.59 Å². The third-order valence-corrected chi connectivity index (χ3v) is 6.23. The molecule has 0 saturated carbocycles. The highest BCUT2D eigenvalue weighted by Gasteiger charge is 2.45. The quantitative estimate of drug-likeness (QED) is 0.627. The predicted molar refractivity (Wildman–Crippen MR) is 119 cm³/mol. The molecule has 0 aliphatic carbocycles. The van der Waals surface area contributed by atoms with Crippen LogP contribution >= 0.6 is 0 Å². The number of allylic oxidation sites excluding steroid dienone is 2. The van der Waals surface area contributed by atoms with E-state index < -0.39 is 5.54 Å². The Morgan fingerprint density at radius 3 is 2.83 bits per heavy atom. The molecule has 1 amide bonds. The van der Waals surface area contributed by atoms with Crippen LogP contribution in [0.25, 0.3) is 17.0 Å². The van der Waals surface area contributed by atoms with Gasteiger partial charge in [0.1, 0.15) is 0 Å². The number of hydrogen-bond acceptors (Lipinski definition) is 3. The molecule has 5 nitrogen and oxygen atoms in total. The van der Waals surface area contributed by atoms with Crippen LogP contribution in [-0.2, 0) is 4.79 Å². The molecular weight excluding hydrogens is 374 g/mol. The van der Waals surface area contributed by atoms with Gasteiger partial charge in [-0.15, -0.1) is 0 Å². The zero-order chi connectivity index (χ0) is 20.7. The van der Waals surface area contributed by atoms with E-state index in [2.05, 4.69) is 10.3 Å². The maximum Gasteiger partial charge on any atom is 0.256 e. The SMILES string of the molecule is CC12CCCN1C(=O)c1ccccc1N/C2=C\C(=O)/C=C/c1c[nH]c2ccccc12. The zero-order valence-corrected chi connectivity index (χ0v) is 16.8. The van der Waals surface area contributed by atoms with Gasteiger partial charge in [0.2, 0.25) is 0 Å². The van der Waals surface area contributed by atoms with Crippen molar-refractivity contribution in [2.45, 2.75) is 25.3 Å². The first-order valence-electron chi connectivity index (χ1n) is 10.2. The second-order valence-corrected chi connectivity index (χ2v) is 8.09. The van der Waals surface area contributed by atoms with E-state index in [1.165, 1.54) is 0 Å². The van der Waals surface area contributed by atoms with Gasteiger partial charge < -0.3 is 15.2 Å². The number of carbonyl (C=O) groups excluding carboxylic acids is 2. The van der Waals surface area contributed by atoms with Crippen molar-refractivity contribution in [1.29, 1.82) is 0 Å². The third kappa shape index (κ3) is 2.94. The van der Waals surface area contributed by atoms with Gasteiger partial charge in [-0.1, -0.05) is 30.3 Å². The Morgan fingerprint density at radius 1 is 1.13 bits per heavy atom. The number of benzene rings is 2. The average molecular weight is 397 g/mol. The van der Waals surface area contributed by atoms with E-state index in [1.807, 2.05) is 72.6 Å². The number of nitrogens with zero attached hydrogens (tertiary/aromatic N) is 1. The number of aromatic amines is 1. The summed E-state index contributed by atoms with van der Waals surface area (Å²) in [6.07, 6.45) is 8.71. The summed E-state index contributed by atoms with van der Waals surface area (Å²) in [5.41, 5.74) is 3.67. The van der Waals surface area contributed by atoms with Crippen LogP contribution in [0.3, 0.4) is 0 Å². The first-order valence-corrected chi connectivity index (χ1v) is 10.2. The lowest BCUT2D eigenvalue weighted by Gasteiger charge is -2.35. The molecule has 2 aliphatic heterocycles. The monoisotopic (exact) mass is 397 g/mol. The third-order valence-electron chi connectivity index (χ3n) is 6.23. The van der Waals surface area contributed by atoms with Crippen molar-refractivity contribution in [3.05, 3.63) is 83.7 Å². The van der Waals surface area contributed by atoms with Crippen molar-refractivity contribution in [2.75, 3.05) is 11.9 Å². The van der Waals surface area contributed by atoms with Crippen molar-refractivity contribution in [1.82, 2.24) is 9.88 Å². The smallest absolute Gasteiger partial charge is 0.256 e. The average Bonchev–Trinajstić information content (AvgIpc) is 3.34. The Morgan fingerprint density at radius 2 is 1.93 bits per heavy atom. The Bertz CT molecular complexity index is 1220. The van der Waals surface area contributed by atoms with E-state index in [0.29, 0.717) is 12.1 Å². The van der Waals surface area contributed by atoms with Gasteiger partial charge in [-0.25, -0.2) is 0 Å². The van der Waals surface area contributed by atoms with Crippen LogP contribution in [0.15, 0.2) is 72.6 Å². The summed E-state index contributed by atoms with van der Waals surface area (Å²) in [6, 6.07) is 15.5. The highest BCUT2D eigenvalue weighted by molar-refractivity contribution is 6.06. The molecule has 2 aromatic carbocycles. The number of carbonyl (C=O) groups is 2. The molecule has 0 spiro atoms. The molecule has 1 atom stereocenters. The van der Waals surface area contributed by atoms with Crippen LogP contribution in [0.2, 0.25) is 0 Å². The molecule has 2 aliphatic rings. The first-order chi connectivity index (χ1) is 14.6. The fourth-order valence-electron chi connectivity index (χ4n) is 4.56. The highest BCUT2D eigenvalue weighted by Crippen LogP contribution is 2.40. The number of ketones is 1. The fourth-order valence-corrected chi connectivity index (χ4v) is 4.56. The van der Waals surface area contributed by atoms with Crippen LogP contribution in [0.4, 0.5) is 5.69 Å². The summed E-state index contributed by atoms with van der Waals surface area (Å²) in [4.78, 5) is 31.1. The number of H-pyrrole nitrogens is 1. The van der Waals surface area contributed by atoms with Crippen molar-refractivity contribution in [3.8, 4) is 0 Å². The molecule has 30 heavy (non-hydrogen) atoms. The van der Waals surface area contributed by atoms with E-state index in [1.54, 1.807) is 12.2 Å². The molecule has 2 N–H and O–H groups in total. The zero-order valence-electron chi connectivity index (χ0n) is 16.8. The molecule has 3 aromatic rings. The molecule has 150 valence electrons. The number of fused-ring (bicyclic) bond motifs is 3. The van der Waals surface area contributed by atoms with Crippen LogP contribution in [0.1, 0.15) is 35.7 Å². The van der Waals surface area contributed by atoms with Gasteiger partial charge in [0.25, 0.3) is 5.91 Å². The largest absolute Gasteiger partial charge is 0.361 e. The van der Waals surface area contributed by atoms with Crippen molar-refractivity contribution in [3.63, 3.8) is 0 Å². The number of para-hydroxylation sites is 2. The lowest BCUT2D eigenvalue weighted by Crippen LogP contribution is -2.46. The molecule has 1 fully saturated rings. The van der Waals surface area contributed by atoms with Gasteiger partial charge in [-0.2, -0.15) is 0 Å². The van der Waals surface area contributed by atoms with Crippen molar-refractivity contribution >= 4 is 34.4 Å². The van der Waals surface area contributed by atoms with E-state index in [4.69, 9.17) is 0 Å². The Kier molecular flexibility index (Phi) is 4.31. The Balaban J connectivity index is 1.50. The number of aromatic nitrogens is 1. The summed E-state index contributed by atoms with van der Waals surface area (Å²) >= 11 is 0. The lowest BCUT2D eigenvalue weighted by atomic mass is 9.93. The summed E-state index contributed by atoms with van der Waals surface area (Å²) < 4.78 is 0. The molecule has 0 bridgehead atoms. The molecule has 5 rings (SSSR count). The Labute approximate surface area is 175 Å². The maximum atomic E-state index is 13.1. The molecule has 0 radical (unpaired) electrons. The predicted octanol–water partition coefficient (Wildman–Crippen LogP) is 4.75. The van der Waals surface area contributed by atoms with Crippen LogP contribution < -0.4 is 5.32 Å². The van der Waals surface area contributed by atoms with Crippen LogP contribution in [0.5, 0.6) is 0 Å². The van der Waals surface area contributed by atoms with Crippen LogP contribution in [-0.4, -0.2) is 33.7 Å². The Hall–Kier alpha value is -3.60. The van der Waals surface area contributed by atoms with Gasteiger partial charge in [0.15, 0.2) is 5.78 Å². The minimum Gasteiger partial charge on any atom is -0.361 e. The molecular formula is C25H23N3O2. The minimum atomic E-state index is -0.514. The number of amides is 1. The van der Waals surface area contributed by atoms with E-state index >= 15 is 0 Å². The second-order valence-electron chi connectivity index (χ2n) is 8.09.